The van der Waals surface area contributed by atoms with Crippen molar-refractivity contribution in [1.29, 1.82) is 0 Å². The predicted molar refractivity (Wildman–Crippen MR) is 70.7 cm³/mol. The molecule has 0 aliphatic carbocycles. The van der Waals surface area contributed by atoms with E-state index in [-0.39, 0.29) is 6.03 Å². The Morgan fingerprint density at radius 1 is 1.29 bits per heavy atom. The van der Waals surface area contributed by atoms with Gasteiger partial charge in [0.1, 0.15) is 0 Å². The SMILES string of the molecule is O=C(NCc1ccc(Br)cc1)NCC1CNC1. The van der Waals surface area contributed by atoms with Crippen LogP contribution in [0.25, 0.3) is 0 Å². The number of carbonyl (C=O) groups is 1. The summed E-state index contributed by atoms with van der Waals surface area (Å²) in [5.74, 6) is 0.591. The summed E-state index contributed by atoms with van der Waals surface area (Å²) in [6.07, 6.45) is 0. The van der Waals surface area contributed by atoms with Crippen LogP contribution < -0.4 is 16.0 Å². The molecule has 1 aliphatic heterocycles. The number of halogens is 1. The van der Waals surface area contributed by atoms with Gasteiger partial charge in [-0.3, -0.25) is 0 Å². The summed E-state index contributed by atoms with van der Waals surface area (Å²) in [6.45, 7) is 3.32. The van der Waals surface area contributed by atoms with Crippen LogP contribution in [0.3, 0.4) is 0 Å². The van der Waals surface area contributed by atoms with Crippen molar-refractivity contribution in [3.05, 3.63) is 34.3 Å². The molecule has 0 aromatic heterocycles. The van der Waals surface area contributed by atoms with Crippen molar-refractivity contribution < 1.29 is 4.79 Å². The molecular weight excluding hydrogens is 282 g/mol. The minimum atomic E-state index is -0.0974. The molecule has 0 atom stereocenters. The average Bonchev–Trinajstić information content (AvgIpc) is 2.26. The Morgan fingerprint density at radius 2 is 2.00 bits per heavy atom. The highest BCUT2D eigenvalue weighted by Crippen LogP contribution is 2.10. The lowest BCUT2D eigenvalue weighted by Crippen LogP contribution is -2.49. The summed E-state index contributed by atoms with van der Waals surface area (Å²) < 4.78 is 1.04. The second-order valence-corrected chi connectivity index (χ2v) is 5.13. The third-order valence-corrected chi connectivity index (χ3v) is 3.31. The first kappa shape index (κ1) is 12.4. The van der Waals surface area contributed by atoms with Gasteiger partial charge in [0.15, 0.2) is 0 Å². The maximum absolute atomic E-state index is 11.5. The van der Waals surface area contributed by atoms with Gasteiger partial charge < -0.3 is 16.0 Å². The zero-order valence-electron chi connectivity index (χ0n) is 9.50. The monoisotopic (exact) mass is 297 g/mol. The lowest BCUT2D eigenvalue weighted by Gasteiger charge is -2.27. The van der Waals surface area contributed by atoms with Crippen LogP contribution in [0.4, 0.5) is 4.79 Å². The molecule has 3 N–H and O–H groups in total. The van der Waals surface area contributed by atoms with Crippen LogP contribution in [-0.2, 0) is 6.54 Å². The molecule has 1 aromatic rings. The summed E-state index contributed by atoms with van der Waals surface area (Å²) in [5.41, 5.74) is 1.09. The molecular formula is C12H16BrN3O. The summed E-state index contributed by atoms with van der Waals surface area (Å²) in [4.78, 5) is 11.5. The molecule has 2 rings (SSSR count). The van der Waals surface area contributed by atoms with Crippen molar-refractivity contribution in [2.75, 3.05) is 19.6 Å². The van der Waals surface area contributed by atoms with Crippen LogP contribution in [0.1, 0.15) is 5.56 Å². The van der Waals surface area contributed by atoms with Crippen molar-refractivity contribution in [1.82, 2.24) is 16.0 Å². The van der Waals surface area contributed by atoms with E-state index in [1.807, 2.05) is 24.3 Å². The van der Waals surface area contributed by atoms with E-state index >= 15 is 0 Å². The standard InChI is InChI=1S/C12H16BrN3O/c13-11-3-1-9(2-4-11)7-15-12(17)16-8-10-5-14-6-10/h1-4,10,14H,5-8H2,(H2,15,16,17). The molecule has 1 fully saturated rings. The number of carbonyl (C=O) groups excluding carboxylic acids is 1. The van der Waals surface area contributed by atoms with Crippen LogP contribution in [0, 0.1) is 5.92 Å². The fraction of sp³-hybridized carbons (Fsp3) is 0.417. The van der Waals surface area contributed by atoms with Crippen LogP contribution in [0.15, 0.2) is 28.7 Å². The Balaban J connectivity index is 1.66. The zero-order chi connectivity index (χ0) is 12.1. The van der Waals surface area contributed by atoms with Crippen molar-refractivity contribution >= 4 is 22.0 Å². The molecule has 1 aromatic carbocycles. The van der Waals surface area contributed by atoms with Gasteiger partial charge in [-0.25, -0.2) is 4.79 Å². The van der Waals surface area contributed by atoms with E-state index in [0.29, 0.717) is 12.5 Å². The Bertz CT molecular complexity index is 376. The fourth-order valence-electron chi connectivity index (χ4n) is 1.58. The van der Waals surface area contributed by atoms with E-state index in [0.717, 1.165) is 29.7 Å². The van der Waals surface area contributed by atoms with E-state index in [4.69, 9.17) is 0 Å². The van der Waals surface area contributed by atoms with Gasteiger partial charge in [0, 0.05) is 36.6 Å². The molecule has 0 bridgehead atoms. The first-order chi connectivity index (χ1) is 8.24. The Labute approximate surface area is 109 Å². The van der Waals surface area contributed by atoms with Gasteiger partial charge in [0.05, 0.1) is 0 Å². The highest BCUT2D eigenvalue weighted by Gasteiger charge is 2.16. The number of amides is 2. The van der Waals surface area contributed by atoms with Gasteiger partial charge in [-0.05, 0) is 17.7 Å². The predicted octanol–water partition coefficient (Wildman–Crippen LogP) is 1.47. The molecule has 92 valence electrons. The van der Waals surface area contributed by atoms with Crippen molar-refractivity contribution in [2.24, 2.45) is 5.92 Å². The van der Waals surface area contributed by atoms with E-state index < -0.39 is 0 Å². The second kappa shape index (κ2) is 6.02. The summed E-state index contributed by atoms with van der Waals surface area (Å²) in [7, 11) is 0. The number of nitrogens with one attached hydrogen (secondary N) is 3. The lowest BCUT2D eigenvalue weighted by atomic mass is 10.0. The molecule has 1 heterocycles. The third-order valence-electron chi connectivity index (χ3n) is 2.78. The fourth-order valence-corrected chi connectivity index (χ4v) is 1.84. The van der Waals surface area contributed by atoms with Gasteiger partial charge in [0.25, 0.3) is 0 Å². The summed E-state index contributed by atoms with van der Waals surface area (Å²) in [5, 5.41) is 8.88. The van der Waals surface area contributed by atoms with Crippen LogP contribution in [0.2, 0.25) is 0 Å². The average molecular weight is 298 g/mol. The van der Waals surface area contributed by atoms with Gasteiger partial charge in [0.2, 0.25) is 0 Å². The maximum atomic E-state index is 11.5. The lowest BCUT2D eigenvalue weighted by molar-refractivity contribution is 0.235. The van der Waals surface area contributed by atoms with Crippen LogP contribution in [0.5, 0.6) is 0 Å². The normalized spacial score (nSPS) is 15.1. The Morgan fingerprint density at radius 3 is 2.59 bits per heavy atom. The molecule has 5 heteroatoms. The minimum Gasteiger partial charge on any atom is -0.338 e. The van der Waals surface area contributed by atoms with Crippen molar-refractivity contribution in [3.63, 3.8) is 0 Å². The zero-order valence-corrected chi connectivity index (χ0v) is 11.1. The van der Waals surface area contributed by atoms with Crippen LogP contribution >= 0.6 is 15.9 Å². The Hall–Kier alpha value is -1.07. The molecule has 2 amide bonds. The molecule has 0 radical (unpaired) electrons. The molecule has 0 spiro atoms. The molecule has 1 aliphatic rings. The van der Waals surface area contributed by atoms with E-state index in [2.05, 4.69) is 31.9 Å². The number of hydrogen-bond donors (Lipinski definition) is 3. The second-order valence-electron chi connectivity index (χ2n) is 4.21. The molecule has 0 unspecified atom stereocenters. The first-order valence-electron chi connectivity index (χ1n) is 5.71. The van der Waals surface area contributed by atoms with Crippen molar-refractivity contribution in [2.45, 2.75) is 6.54 Å². The number of benzene rings is 1. The van der Waals surface area contributed by atoms with E-state index in [9.17, 15) is 4.79 Å². The number of rotatable bonds is 4. The van der Waals surface area contributed by atoms with E-state index in [1.54, 1.807) is 0 Å². The molecule has 1 saturated heterocycles. The largest absolute Gasteiger partial charge is 0.338 e. The first-order valence-corrected chi connectivity index (χ1v) is 6.50. The Kier molecular flexibility index (Phi) is 4.39. The van der Waals surface area contributed by atoms with Gasteiger partial charge >= 0.3 is 6.03 Å². The molecule has 0 saturated carbocycles. The smallest absolute Gasteiger partial charge is 0.315 e. The summed E-state index contributed by atoms with van der Waals surface area (Å²) >= 11 is 3.38. The van der Waals surface area contributed by atoms with Gasteiger partial charge in [-0.15, -0.1) is 0 Å². The van der Waals surface area contributed by atoms with E-state index in [1.165, 1.54) is 0 Å². The van der Waals surface area contributed by atoms with Gasteiger partial charge in [-0.2, -0.15) is 0 Å². The quantitative estimate of drug-likeness (QED) is 0.788. The highest BCUT2D eigenvalue weighted by atomic mass is 79.9. The number of urea groups is 1. The minimum absolute atomic E-state index is 0.0974. The van der Waals surface area contributed by atoms with Crippen LogP contribution in [-0.4, -0.2) is 25.7 Å². The van der Waals surface area contributed by atoms with Crippen molar-refractivity contribution in [3.8, 4) is 0 Å². The molecule has 4 nitrogen and oxygen atoms in total. The highest BCUT2D eigenvalue weighted by molar-refractivity contribution is 9.10. The van der Waals surface area contributed by atoms with Gasteiger partial charge in [-0.1, -0.05) is 28.1 Å². The molecule has 17 heavy (non-hydrogen) atoms. The number of hydrogen-bond acceptors (Lipinski definition) is 2. The topological polar surface area (TPSA) is 53.2 Å². The third kappa shape index (κ3) is 4.02. The summed E-state index contributed by atoms with van der Waals surface area (Å²) in [6, 6.07) is 7.81. The maximum Gasteiger partial charge on any atom is 0.315 e.